The molecule has 1 N–H and O–H groups in total. The summed E-state index contributed by atoms with van der Waals surface area (Å²) in [6, 6.07) is 22.1. The molecular weight excluding hydrogens is 461 g/mol. The Hall–Kier alpha value is -3.22. The van der Waals surface area contributed by atoms with Crippen LogP contribution in [0.5, 0.6) is 11.5 Å². The zero-order valence-corrected chi connectivity index (χ0v) is 19.4. The Morgan fingerprint density at radius 2 is 1.52 bits per heavy atom. The zero-order chi connectivity index (χ0) is 23.0. The van der Waals surface area contributed by atoms with Gasteiger partial charge in [0, 0.05) is 23.0 Å². The summed E-state index contributed by atoms with van der Waals surface area (Å²) in [6.07, 6.45) is 0.586. The molecule has 0 aliphatic heterocycles. The molecule has 1 heterocycles. The van der Waals surface area contributed by atoms with E-state index in [0.29, 0.717) is 41.9 Å². The summed E-state index contributed by atoms with van der Waals surface area (Å²) in [5.74, 6) is 2.05. The monoisotopic (exact) mass is 483 g/mol. The highest BCUT2D eigenvalue weighted by Crippen LogP contribution is 2.19. The fourth-order valence-corrected chi connectivity index (χ4v) is 3.65. The van der Waals surface area contributed by atoms with Crippen molar-refractivity contribution in [3.05, 3.63) is 88.7 Å². The second-order valence-electron chi connectivity index (χ2n) is 7.31. The van der Waals surface area contributed by atoms with Crippen LogP contribution in [0.3, 0.4) is 0 Å². The molecule has 6 nitrogen and oxygen atoms in total. The molecule has 8 heteroatoms. The van der Waals surface area contributed by atoms with Crippen LogP contribution < -0.4 is 14.8 Å². The Balaban J connectivity index is 1.32. The Bertz CT molecular complexity index is 1210. The van der Waals surface area contributed by atoms with Crippen LogP contribution in [0.25, 0.3) is 11.0 Å². The molecule has 0 atom stereocenters. The smallest absolute Gasteiger partial charge is 0.257 e. The average molecular weight is 484 g/mol. The first kappa shape index (κ1) is 23.0. The first-order valence-electron chi connectivity index (χ1n) is 10.6. The van der Waals surface area contributed by atoms with Crippen molar-refractivity contribution < 1.29 is 14.3 Å². The lowest BCUT2D eigenvalue weighted by molar-refractivity contribution is -0.123. The number of carbonyl (C=O) groups excluding carboxylic acids is 1. The van der Waals surface area contributed by atoms with Crippen LogP contribution in [0, 0.1) is 0 Å². The van der Waals surface area contributed by atoms with Crippen LogP contribution in [-0.2, 0) is 17.8 Å². The number of hydrogen-bond donors (Lipinski definition) is 1. The number of imidazole rings is 1. The van der Waals surface area contributed by atoms with Crippen LogP contribution in [0.1, 0.15) is 5.82 Å². The van der Waals surface area contributed by atoms with E-state index in [4.69, 9.17) is 37.7 Å². The summed E-state index contributed by atoms with van der Waals surface area (Å²) >= 11 is 11.8. The quantitative estimate of drug-likeness (QED) is 0.338. The maximum atomic E-state index is 12.2. The van der Waals surface area contributed by atoms with E-state index < -0.39 is 0 Å². The van der Waals surface area contributed by atoms with Crippen LogP contribution in [0.15, 0.2) is 72.8 Å². The molecule has 4 aromatic rings. The largest absolute Gasteiger partial charge is 0.492 e. The highest BCUT2D eigenvalue weighted by atomic mass is 35.5. The van der Waals surface area contributed by atoms with Gasteiger partial charge in [0.1, 0.15) is 23.9 Å². The van der Waals surface area contributed by atoms with Crippen molar-refractivity contribution in [3.63, 3.8) is 0 Å². The average Bonchev–Trinajstić information content (AvgIpc) is 3.17. The maximum Gasteiger partial charge on any atom is 0.257 e. The van der Waals surface area contributed by atoms with Gasteiger partial charge in [-0.1, -0.05) is 35.3 Å². The van der Waals surface area contributed by atoms with E-state index in [0.717, 1.165) is 22.6 Å². The van der Waals surface area contributed by atoms with Crippen LogP contribution in [-0.4, -0.2) is 35.2 Å². The summed E-state index contributed by atoms with van der Waals surface area (Å²) in [7, 11) is 0. The summed E-state index contributed by atoms with van der Waals surface area (Å²) in [5.41, 5.74) is 1.95. The minimum Gasteiger partial charge on any atom is -0.492 e. The number of hydrogen-bond acceptors (Lipinski definition) is 4. The number of nitrogens with one attached hydrogen (secondary N) is 1. The van der Waals surface area contributed by atoms with Crippen molar-refractivity contribution in [3.8, 4) is 11.5 Å². The number of halogens is 2. The fraction of sp³-hybridized carbons (Fsp3) is 0.200. The Labute approximate surface area is 202 Å². The molecule has 0 aliphatic rings. The molecular formula is C25H23Cl2N3O3. The van der Waals surface area contributed by atoms with E-state index in [2.05, 4.69) is 9.88 Å². The van der Waals surface area contributed by atoms with Gasteiger partial charge in [-0.2, -0.15) is 0 Å². The van der Waals surface area contributed by atoms with Crippen molar-refractivity contribution in [1.82, 2.24) is 14.9 Å². The number of aromatic nitrogens is 2. The van der Waals surface area contributed by atoms with Gasteiger partial charge in [-0.25, -0.2) is 4.98 Å². The van der Waals surface area contributed by atoms with Crippen molar-refractivity contribution >= 4 is 40.1 Å². The second kappa shape index (κ2) is 11.1. The molecule has 33 heavy (non-hydrogen) atoms. The third-order valence-corrected chi connectivity index (χ3v) is 5.49. The summed E-state index contributed by atoms with van der Waals surface area (Å²) in [6.45, 7) is 1.50. The third-order valence-electron chi connectivity index (χ3n) is 4.99. The zero-order valence-electron chi connectivity index (χ0n) is 17.8. The Kier molecular flexibility index (Phi) is 7.70. The van der Waals surface area contributed by atoms with E-state index in [1.165, 1.54) is 0 Å². The Morgan fingerprint density at radius 3 is 2.21 bits per heavy atom. The van der Waals surface area contributed by atoms with Gasteiger partial charge in [0.15, 0.2) is 6.61 Å². The normalized spacial score (nSPS) is 10.8. The van der Waals surface area contributed by atoms with Crippen molar-refractivity contribution in [1.29, 1.82) is 0 Å². The number of carbonyl (C=O) groups is 1. The molecule has 0 bridgehead atoms. The molecule has 0 aliphatic carbocycles. The van der Waals surface area contributed by atoms with Gasteiger partial charge in [0.05, 0.1) is 17.6 Å². The SMILES string of the molecule is O=C(COc1ccc(Cl)cc1)NCCc1nc2ccccc2n1CCOc1ccc(Cl)cc1. The number of nitrogens with zero attached hydrogens (tertiary/aromatic N) is 2. The van der Waals surface area contributed by atoms with Gasteiger partial charge in [-0.15, -0.1) is 0 Å². The molecule has 0 unspecified atom stereocenters. The lowest BCUT2D eigenvalue weighted by Gasteiger charge is -2.12. The molecule has 0 saturated heterocycles. The highest BCUT2D eigenvalue weighted by Gasteiger charge is 2.11. The number of fused-ring (bicyclic) bond motifs is 1. The van der Waals surface area contributed by atoms with Crippen molar-refractivity contribution in [2.45, 2.75) is 13.0 Å². The van der Waals surface area contributed by atoms with Gasteiger partial charge in [-0.3, -0.25) is 4.79 Å². The predicted octanol–water partition coefficient (Wildman–Crippen LogP) is 5.16. The molecule has 0 fully saturated rings. The predicted molar refractivity (Wildman–Crippen MR) is 130 cm³/mol. The maximum absolute atomic E-state index is 12.2. The van der Waals surface area contributed by atoms with Crippen LogP contribution in [0.4, 0.5) is 0 Å². The van der Waals surface area contributed by atoms with E-state index in [1.807, 2.05) is 36.4 Å². The fourth-order valence-electron chi connectivity index (χ4n) is 3.40. The van der Waals surface area contributed by atoms with Gasteiger partial charge in [0.25, 0.3) is 5.91 Å². The topological polar surface area (TPSA) is 65.4 Å². The molecule has 0 radical (unpaired) electrons. The minimum atomic E-state index is -0.196. The molecule has 1 amide bonds. The molecule has 3 aromatic carbocycles. The number of benzene rings is 3. The van der Waals surface area contributed by atoms with Crippen LogP contribution in [0.2, 0.25) is 10.0 Å². The van der Waals surface area contributed by atoms with Gasteiger partial charge >= 0.3 is 0 Å². The van der Waals surface area contributed by atoms with E-state index in [-0.39, 0.29) is 12.5 Å². The first-order chi connectivity index (χ1) is 16.1. The minimum absolute atomic E-state index is 0.0625. The van der Waals surface area contributed by atoms with E-state index in [1.54, 1.807) is 36.4 Å². The molecule has 0 spiro atoms. The third kappa shape index (κ3) is 6.40. The number of amides is 1. The summed E-state index contributed by atoms with van der Waals surface area (Å²) < 4.78 is 13.5. The molecule has 1 aromatic heterocycles. The number of ether oxygens (including phenoxy) is 2. The number of para-hydroxylation sites is 2. The first-order valence-corrected chi connectivity index (χ1v) is 11.3. The summed E-state index contributed by atoms with van der Waals surface area (Å²) in [5, 5.41) is 4.18. The molecule has 0 saturated carbocycles. The molecule has 4 rings (SSSR count). The van der Waals surface area contributed by atoms with Crippen LogP contribution >= 0.6 is 23.2 Å². The standard InChI is InChI=1S/C25H23Cl2N3O3/c26-18-5-9-20(10-6-18)32-16-15-30-23-4-2-1-3-22(23)29-24(30)13-14-28-25(31)17-33-21-11-7-19(27)8-12-21/h1-12H,13-17H2,(H,28,31). The van der Waals surface area contributed by atoms with E-state index in [9.17, 15) is 4.79 Å². The lowest BCUT2D eigenvalue weighted by Crippen LogP contribution is -2.31. The lowest BCUT2D eigenvalue weighted by atomic mass is 10.3. The summed E-state index contributed by atoms with van der Waals surface area (Å²) in [4.78, 5) is 16.9. The molecule has 170 valence electrons. The van der Waals surface area contributed by atoms with E-state index >= 15 is 0 Å². The van der Waals surface area contributed by atoms with Gasteiger partial charge in [0.2, 0.25) is 0 Å². The number of rotatable bonds is 10. The second-order valence-corrected chi connectivity index (χ2v) is 8.19. The Morgan fingerprint density at radius 1 is 0.879 bits per heavy atom. The van der Waals surface area contributed by atoms with Crippen molar-refractivity contribution in [2.75, 3.05) is 19.8 Å². The van der Waals surface area contributed by atoms with Gasteiger partial charge in [-0.05, 0) is 60.7 Å². The highest BCUT2D eigenvalue weighted by molar-refractivity contribution is 6.30. The van der Waals surface area contributed by atoms with Gasteiger partial charge < -0.3 is 19.4 Å². The van der Waals surface area contributed by atoms with Crippen molar-refractivity contribution in [2.24, 2.45) is 0 Å².